The molecule has 5 heteroatoms. The van der Waals surface area contributed by atoms with Gasteiger partial charge in [-0.25, -0.2) is 4.98 Å². The fourth-order valence-corrected chi connectivity index (χ4v) is 2.06. The maximum atomic E-state index is 5.26. The van der Waals surface area contributed by atoms with Crippen molar-refractivity contribution in [2.24, 2.45) is 0 Å². The summed E-state index contributed by atoms with van der Waals surface area (Å²) in [6, 6.07) is 12.2. The van der Waals surface area contributed by atoms with Gasteiger partial charge in [0.2, 0.25) is 0 Å². The van der Waals surface area contributed by atoms with E-state index in [1.165, 1.54) is 11.1 Å². The lowest BCUT2D eigenvalue weighted by Gasteiger charge is -2.11. The van der Waals surface area contributed by atoms with Gasteiger partial charge >= 0.3 is 0 Å². The van der Waals surface area contributed by atoms with Gasteiger partial charge in [0.15, 0.2) is 5.11 Å². The second-order valence-electron chi connectivity index (χ2n) is 4.56. The quantitative estimate of drug-likeness (QED) is 0.822. The van der Waals surface area contributed by atoms with Crippen LogP contribution in [0.1, 0.15) is 16.8 Å². The molecule has 0 unspecified atom stereocenters. The standard InChI is InChI=1S/C15H16BrN3S/c1-10-3-5-12(6-4-10)9-17-15(20)19-14-8-7-13(16)11(2)18-14/h3-8H,9H2,1-2H3,(H2,17,18,19,20). The summed E-state index contributed by atoms with van der Waals surface area (Å²) in [7, 11) is 0. The summed E-state index contributed by atoms with van der Waals surface area (Å²) in [5.74, 6) is 0.743. The second kappa shape index (κ2) is 6.81. The Hall–Kier alpha value is -1.46. The molecule has 0 radical (unpaired) electrons. The maximum absolute atomic E-state index is 5.26. The molecule has 3 nitrogen and oxygen atoms in total. The summed E-state index contributed by atoms with van der Waals surface area (Å²) < 4.78 is 0.988. The first kappa shape index (κ1) is 14.9. The van der Waals surface area contributed by atoms with E-state index in [4.69, 9.17) is 12.2 Å². The van der Waals surface area contributed by atoms with Gasteiger partial charge in [0, 0.05) is 11.0 Å². The average molecular weight is 350 g/mol. The summed E-state index contributed by atoms with van der Waals surface area (Å²) in [4.78, 5) is 4.39. The third kappa shape index (κ3) is 4.28. The SMILES string of the molecule is Cc1ccc(CNC(=S)Nc2ccc(Br)c(C)n2)cc1. The minimum Gasteiger partial charge on any atom is -0.358 e. The van der Waals surface area contributed by atoms with Crippen molar-refractivity contribution in [1.29, 1.82) is 0 Å². The zero-order valence-electron chi connectivity index (χ0n) is 11.4. The van der Waals surface area contributed by atoms with Crippen LogP contribution in [0, 0.1) is 13.8 Å². The van der Waals surface area contributed by atoms with Gasteiger partial charge in [0.1, 0.15) is 5.82 Å². The van der Waals surface area contributed by atoms with Crippen molar-refractivity contribution in [2.75, 3.05) is 5.32 Å². The Morgan fingerprint density at radius 1 is 1.15 bits per heavy atom. The number of aromatic nitrogens is 1. The summed E-state index contributed by atoms with van der Waals surface area (Å²) >= 11 is 8.69. The minimum atomic E-state index is 0.569. The lowest BCUT2D eigenvalue weighted by atomic mass is 10.1. The fourth-order valence-electron chi connectivity index (χ4n) is 1.66. The first-order chi connectivity index (χ1) is 9.54. The van der Waals surface area contributed by atoms with Crippen LogP contribution in [0.4, 0.5) is 5.82 Å². The molecule has 0 aliphatic rings. The van der Waals surface area contributed by atoms with Crippen molar-refractivity contribution in [3.63, 3.8) is 0 Å². The molecular weight excluding hydrogens is 334 g/mol. The summed E-state index contributed by atoms with van der Waals surface area (Å²) in [5, 5.41) is 6.82. The van der Waals surface area contributed by atoms with E-state index in [0.29, 0.717) is 11.7 Å². The fraction of sp³-hybridized carbons (Fsp3) is 0.200. The van der Waals surface area contributed by atoms with Crippen molar-refractivity contribution in [1.82, 2.24) is 10.3 Å². The van der Waals surface area contributed by atoms with Gasteiger partial charge in [-0.05, 0) is 59.7 Å². The van der Waals surface area contributed by atoms with E-state index in [0.717, 1.165) is 16.0 Å². The Morgan fingerprint density at radius 3 is 2.50 bits per heavy atom. The van der Waals surface area contributed by atoms with Crippen LogP contribution in [-0.4, -0.2) is 10.1 Å². The number of hydrogen-bond acceptors (Lipinski definition) is 2. The highest BCUT2D eigenvalue weighted by Gasteiger charge is 2.01. The van der Waals surface area contributed by atoms with Crippen LogP contribution < -0.4 is 10.6 Å². The Labute approximate surface area is 132 Å². The number of nitrogens with one attached hydrogen (secondary N) is 2. The largest absolute Gasteiger partial charge is 0.358 e. The highest BCUT2D eigenvalue weighted by Crippen LogP contribution is 2.16. The normalized spacial score (nSPS) is 10.2. The average Bonchev–Trinajstić information content (AvgIpc) is 2.42. The minimum absolute atomic E-state index is 0.569. The van der Waals surface area contributed by atoms with Gasteiger partial charge < -0.3 is 10.6 Å². The molecule has 0 amide bonds. The van der Waals surface area contributed by atoms with E-state index >= 15 is 0 Å². The van der Waals surface area contributed by atoms with Gasteiger partial charge in [0.05, 0.1) is 5.69 Å². The maximum Gasteiger partial charge on any atom is 0.172 e. The van der Waals surface area contributed by atoms with E-state index < -0.39 is 0 Å². The molecule has 0 spiro atoms. The van der Waals surface area contributed by atoms with E-state index in [-0.39, 0.29) is 0 Å². The van der Waals surface area contributed by atoms with Crippen LogP contribution in [0.2, 0.25) is 0 Å². The van der Waals surface area contributed by atoms with Gasteiger partial charge in [0.25, 0.3) is 0 Å². The van der Waals surface area contributed by atoms with E-state index in [2.05, 4.69) is 62.7 Å². The van der Waals surface area contributed by atoms with E-state index in [1.807, 2.05) is 19.1 Å². The highest BCUT2D eigenvalue weighted by molar-refractivity contribution is 9.10. The molecular formula is C15H16BrN3S. The smallest absolute Gasteiger partial charge is 0.172 e. The number of halogens is 1. The molecule has 2 aromatic rings. The zero-order chi connectivity index (χ0) is 14.5. The zero-order valence-corrected chi connectivity index (χ0v) is 13.8. The van der Waals surface area contributed by atoms with Gasteiger partial charge in [-0.15, -0.1) is 0 Å². The first-order valence-corrected chi connectivity index (χ1v) is 7.48. The molecule has 0 aliphatic heterocycles. The topological polar surface area (TPSA) is 37.0 Å². The number of anilines is 1. The molecule has 0 aliphatic carbocycles. The van der Waals surface area contributed by atoms with E-state index in [1.54, 1.807) is 0 Å². The van der Waals surface area contributed by atoms with Crippen LogP contribution in [0.15, 0.2) is 40.9 Å². The number of hydrogen-bond donors (Lipinski definition) is 2. The molecule has 0 bridgehead atoms. The molecule has 0 saturated carbocycles. The van der Waals surface area contributed by atoms with Crippen molar-refractivity contribution in [3.8, 4) is 0 Å². The first-order valence-electron chi connectivity index (χ1n) is 6.28. The Bertz CT molecular complexity index is 611. The van der Waals surface area contributed by atoms with Gasteiger partial charge in [-0.3, -0.25) is 0 Å². The number of nitrogens with zero attached hydrogens (tertiary/aromatic N) is 1. The van der Waals surface area contributed by atoms with Crippen LogP contribution >= 0.6 is 28.1 Å². The van der Waals surface area contributed by atoms with Crippen molar-refractivity contribution >= 4 is 39.1 Å². The van der Waals surface area contributed by atoms with Gasteiger partial charge in [-0.2, -0.15) is 0 Å². The lowest BCUT2D eigenvalue weighted by Crippen LogP contribution is -2.28. The molecule has 0 saturated heterocycles. The summed E-state index contributed by atoms with van der Waals surface area (Å²) in [6.07, 6.45) is 0. The Balaban J connectivity index is 1.89. The summed E-state index contributed by atoms with van der Waals surface area (Å²) in [5.41, 5.74) is 3.38. The van der Waals surface area contributed by atoms with Crippen LogP contribution in [-0.2, 0) is 6.54 Å². The molecule has 0 fully saturated rings. The predicted octanol–water partition coefficient (Wildman–Crippen LogP) is 3.95. The summed E-state index contributed by atoms with van der Waals surface area (Å²) in [6.45, 7) is 4.71. The predicted molar refractivity (Wildman–Crippen MR) is 90.9 cm³/mol. The highest BCUT2D eigenvalue weighted by atomic mass is 79.9. The third-order valence-electron chi connectivity index (χ3n) is 2.84. The molecule has 1 aromatic heterocycles. The van der Waals surface area contributed by atoms with Crippen molar-refractivity contribution in [2.45, 2.75) is 20.4 Å². The molecule has 2 rings (SSSR count). The number of benzene rings is 1. The van der Waals surface area contributed by atoms with Crippen LogP contribution in [0.25, 0.3) is 0 Å². The Kier molecular flexibility index (Phi) is 5.09. The molecule has 20 heavy (non-hydrogen) atoms. The van der Waals surface area contributed by atoms with Crippen LogP contribution in [0.3, 0.4) is 0 Å². The monoisotopic (exact) mass is 349 g/mol. The number of aryl methyl sites for hydroxylation is 2. The van der Waals surface area contributed by atoms with Crippen molar-refractivity contribution < 1.29 is 0 Å². The molecule has 0 atom stereocenters. The van der Waals surface area contributed by atoms with Crippen LogP contribution in [0.5, 0.6) is 0 Å². The number of pyridine rings is 1. The second-order valence-corrected chi connectivity index (χ2v) is 5.82. The molecule has 1 aromatic carbocycles. The molecule has 1 heterocycles. The van der Waals surface area contributed by atoms with Gasteiger partial charge in [-0.1, -0.05) is 29.8 Å². The number of rotatable bonds is 3. The van der Waals surface area contributed by atoms with E-state index in [9.17, 15) is 0 Å². The van der Waals surface area contributed by atoms with Crippen molar-refractivity contribution in [3.05, 3.63) is 57.7 Å². The molecule has 2 N–H and O–H groups in total. The number of thiocarbonyl (C=S) groups is 1. The lowest BCUT2D eigenvalue weighted by molar-refractivity contribution is 0.923. The third-order valence-corrected chi connectivity index (χ3v) is 3.92. The molecule has 104 valence electrons. The Morgan fingerprint density at radius 2 is 1.85 bits per heavy atom.